The molecule has 0 bridgehead atoms. The van der Waals surface area contributed by atoms with Crippen LogP contribution in [0.4, 0.5) is 0 Å². The lowest BCUT2D eigenvalue weighted by molar-refractivity contribution is 0.414. The third kappa shape index (κ3) is 2.82. The number of ether oxygens (including phenoxy) is 1. The molecule has 1 heterocycles. The lowest BCUT2D eigenvalue weighted by Gasteiger charge is -2.01. The van der Waals surface area contributed by atoms with E-state index in [1.165, 1.54) is 0 Å². The van der Waals surface area contributed by atoms with E-state index < -0.39 is 0 Å². The molecule has 5 nitrogen and oxygen atoms in total. The first-order valence-corrected chi connectivity index (χ1v) is 5.59. The maximum absolute atomic E-state index is 5.46. The van der Waals surface area contributed by atoms with Crippen molar-refractivity contribution < 1.29 is 4.74 Å². The molecule has 17 heavy (non-hydrogen) atoms. The monoisotopic (exact) mass is 232 g/mol. The van der Waals surface area contributed by atoms with Gasteiger partial charge in [0.05, 0.1) is 24.7 Å². The number of nitrogens with zero attached hydrogens (tertiary/aromatic N) is 3. The van der Waals surface area contributed by atoms with Crippen LogP contribution < -0.4 is 10.5 Å². The SMILES string of the molecule is COc1ccc(-n2cc(CCCN)nn2)cc1. The van der Waals surface area contributed by atoms with Gasteiger partial charge in [0.15, 0.2) is 0 Å². The summed E-state index contributed by atoms with van der Waals surface area (Å²) < 4.78 is 6.86. The second kappa shape index (κ2) is 5.45. The Kier molecular flexibility index (Phi) is 3.72. The first kappa shape index (κ1) is 11.6. The summed E-state index contributed by atoms with van der Waals surface area (Å²) in [4.78, 5) is 0. The van der Waals surface area contributed by atoms with Gasteiger partial charge in [0, 0.05) is 0 Å². The van der Waals surface area contributed by atoms with Crippen LogP contribution in [-0.2, 0) is 6.42 Å². The van der Waals surface area contributed by atoms with Crippen molar-refractivity contribution in [2.45, 2.75) is 12.8 Å². The molecule has 1 aromatic heterocycles. The first-order chi connectivity index (χ1) is 8.33. The van der Waals surface area contributed by atoms with Gasteiger partial charge in [-0.3, -0.25) is 0 Å². The van der Waals surface area contributed by atoms with Crippen LogP contribution in [0.3, 0.4) is 0 Å². The highest BCUT2D eigenvalue weighted by Gasteiger charge is 2.02. The first-order valence-electron chi connectivity index (χ1n) is 5.59. The normalized spacial score (nSPS) is 10.5. The molecule has 0 aliphatic heterocycles. The van der Waals surface area contributed by atoms with Crippen molar-refractivity contribution >= 4 is 0 Å². The molecule has 5 heteroatoms. The molecule has 2 rings (SSSR count). The predicted molar refractivity (Wildman–Crippen MR) is 65.3 cm³/mol. The summed E-state index contributed by atoms with van der Waals surface area (Å²) in [6, 6.07) is 7.69. The fraction of sp³-hybridized carbons (Fsp3) is 0.333. The van der Waals surface area contributed by atoms with Crippen LogP contribution in [0.1, 0.15) is 12.1 Å². The Labute approximate surface area is 100 Å². The summed E-state index contributed by atoms with van der Waals surface area (Å²) in [5.41, 5.74) is 7.39. The summed E-state index contributed by atoms with van der Waals surface area (Å²) in [7, 11) is 1.65. The molecule has 0 saturated carbocycles. The predicted octanol–water partition coefficient (Wildman–Crippen LogP) is 1.17. The van der Waals surface area contributed by atoms with Crippen LogP contribution >= 0.6 is 0 Å². The van der Waals surface area contributed by atoms with Crippen molar-refractivity contribution in [3.8, 4) is 11.4 Å². The second-order valence-electron chi connectivity index (χ2n) is 3.74. The van der Waals surface area contributed by atoms with Crippen LogP contribution in [0.5, 0.6) is 5.75 Å². The number of nitrogens with two attached hydrogens (primary N) is 1. The zero-order valence-corrected chi connectivity index (χ0v) is 9.84. The zero-order chi connectivity index (χ0) is 12.1. The van der Waals surface area contributed by atoms with E-state index in [0.29, 0.717) is 6.54 Å². The topological polar surface area (TPSA) is 66.0 Å². The van der Waals surface area contributed by atoms with Gasteiger partial charge in [0.1, 0.15) is 5.75 Å². The summed E-state index contributed by atoms with van der Waals surface area (Å²) in [5, 5.41) is 8.18. The van der Waals surface area contributed by atoms with Crippen LogP contribution in [0.25, 0.3) is 5.69 Å². The number of hydrogen-bond acceptors (Lipinski definition) is 4. The molecule has 1 aromatic carbocycles. The molecule has 0 aliphatic carbocycles. The minimum Gasteiger partial charge on any atom is -0.497 e. The molecule has 0 amide bonds. The van der Waals surface area contributed by atoms with Crippen LogP contribution in [0, 0.1) is 0 Å². The molecular formula is C12H16N4O. The maximum atomic E-state index is 5.46. The number of aromatic nitrogens is 3. The van der Waals surface area contributed by atoms with E-state index in [2.05, 4.69) is 10.3 Å². The van der Waals surface area contributed by atoms with E-state index in [4.69, 9.17) is 10.5 Å². The van der Waals surface area contributed by atoms with E-state index in [-0.39, 0.29) is 0 Å². The third-order valence-corrected chi connectivity index (χ3v) is 2.51. The highest BCUT2D eigenvalue weighted by atomic mass is 16.5. The molecule has 2 aromatic rings. The Balaban J connectivity index is 2.12. The maximum Gasteiger partial charge on any atom is 0.119 e. The lowest BCUT2D eigenvalue weighted by Crippen LogP contribution is -2.00. The Morgan fingerprint density at radius 3 is 2.71 bits per heavy atom. The van der Waals surface area contributed by atoms with E-state index >= 15 is 0 Å². The summed E-state index contributed by atoms with van der Waals surface area (Å²) in [5.74, 6) is 0.831. The molecule has 0 aliphatic rings. The molecule has 0 spiro atoms. The van der Waals surface area contributed by atoms with Crippen LogP contribution in [-0.4, -0.2) is 28.6 Å². The van der Waals surface area contributed by atoms with Crippen LogP contribution in [0.2, 0.25) is 0 Å². The van der Waals surface area contributed by atoms with Gasteiger partial charge >= 0.3 is 0 Å². The minimum absolute atomic E-state index is 0.676. The summed E-state index contributed by atoms with van der Waals surface area (Å²) >= 11 is 0. The minimum atomic E-state index is 0.676. The number of benzene rings is 1. The molecular weight excluding hydrogens is 216 g/mol. The number of aryl methyl sites for hydroxylation is 1. The summed E-state index contributed by atoms with van der Waals surface area (Å²) in [6.07, 6.45) is 3.73. The Morgan fingerprint density at radius 1 is 1.29 bits per heavy atom. The van der Waals surface area contributed by atoms with Gasteiger partial charge in [-0.2, -0.15) is 0 Å². The Hall–Kier alpha value is -1.88. The zero-order valence-electron chi connectivity index (χ0n) is 9.84. The Morgan fingerprint density at radius 2 is 2.06 bits per heavy atom. The quantitative estimate of drug-likeness (QED) is 0.840. The van der Waals surface area contributed by atoms with Gasteiger partial charge in [0.25, 0.3) is 0 Å². The van der Waals surface area contributed by atoms with E-state index in [1.54, 1.807) is 11.8 Å². The van der Waals surface area contributed by atoms with Gasteiger partial charge in [-0.15, -0.1) is 5.10 Å². The van der Waals surface area contributed by atoms with Crippen molar-refractivity contribution in [3.05, 3.63) is 36.2 Å². The smallest absolute Gasteiger partial charge is 0.119 e. The standard InChI is InChI=1S/C12H16N4O/c1-17-12-6-4-11(5-7-12)16-9-10(14-15-16)3-2-8-13/h4-7,9H,2-3,8,13H2,1H3. The highest BCUT2D eigenvalue weighted by Crippen LogP contribution is 2.14. The average molecular weight is 232 g/mol. The third-order valence-electron chi connectivity index (χ3n) is 2.51. The summed E-state index contributed by atoms with van der Waals surface area (Å²) in [6.45, 7) is 0.676. The highest BCUT2D eigenvalue weighted by molar-refractivity contribution is 5.36. The molecule has 0 saturated heterocycles. The molecule has 90 valence electrons. The van der Waals surface area contributed by atoms with Gasteiger partial charge in [-0.25, -0.2) is 4.68 Å². The van der Waals surface area contributed by atoms with E-state index in [9.17, 15) is 0 Å². The van der Waals surface area contributed by atoms with Crippen LogP contribution in [0.15, 0.2) is 30.5 Å². The molecule has 0 atom stereocenters. The average Bonchev–Trinajstić information content (AvgIpc) is 2.85. The van der Waals surface area contributed by atoms with Crippen molar-refractivity contribution in [2.75, 3.05) is 13.7 Å². The fourth-order valence-corrected chi connectivity index (χ4v) is 1.56. The largest absolute Gasteiger partial charge is 0.497 e. The molecule has 2 N–H and O–H groups in total. The van der Waals surface area contributed by atoms with E-state index in [1.807, 2.05) is 30.5 Å². The van der Waals surface area contributed by atoms with Gasteiger partial charge in [-0.05, 0) is 43.7 Å². The van der Waals surface area contributed by atoms with Gasteiger partial charge < -0.3 is 10.5 Å². The van der Waals surface area contributed by atoms with Crippen molar-refractivity contribution in [1.29, 1.82) is 0 Å². The van der Waals surface area contributed by atoms with Crippen molar-refractivity contribution in [3.63, 3.8) is 0 Å². The number of rotatable bonds is 5. The van der Waals surface area contributed by atoms with Crippen molar-refractivity contribution in [1.82, 2.24) is 15.0 Å². The second-order valence-corrected chi connectivity index (χ2v) is 3.74. The molecule has 0 radical (unpaired) electrons. The van der Waals surface area contributed by atoms with Crippen molar-refractivity contribution in [2.24, 2.45) is 5.73 Å². The lowest BCUT2D eigenvalue weighted by atomic mass is 10.2. The van der Waals surface area contributed by atoms with E-state index in [0.717, 1.165) is 30.0 Å². The fourth-order valence-electron chi connectivity index (χ4n) is 1.56. The molecule has 0 unspecified atom stereocenters. The Bertz CT molecular complexity index is 464. The molecule has 0 fully saturated rings. The van der Waals surface area contributed by atoms with Gasteiger partial charge in [0.2, 0.25) is 0 Å². The number of methoxy groups -OCH3 is 1. The van der Waals surface area contributed by atoms with Gasteiger partial charge in [-0.1, -0.05) is 5.21 Å². The number of hydrogen-bond donors (Lipinski definition) is 1.